The summed E-state index contributed by atoms with van der Waals surface area (Å²) < 4.78 is 0. The van der Waals surface area contributed by atoms with E-state index >= 15 is 0 Å². The Kier molecular flexibility index (Phi) is 4.21. The SMILES string of the molecule is CC(=CNC=CC(=O)O)C(=O)O. The molecule has 5 heteroatoms. The van der Waals surface area contributed by atoms with E-state index in [-0.39, 0.29) is 5.57 Å². The Morgan fingerprint density at radius 1 is 1.33 bits per heavy atom. The highest BCUT2D eigenvalue weighted by Gasteiger charge is 1.96. The van der Waals surface area contributed by atoms with Crippen LogP contribution in [0.2, 0.25) is 0 Å². The third-order valence-corrected chi connectivity index (χ3v) is 0.959. The van der Waals surface area contributed by atoms with Gasteiger partial charge in [-0.25, -0.2) is 9.59 Å². The van der Waals surface area contributed by atoms with Crippen LogP contribution in [0.4, 0.5) is 0 Å². The molecule has 5 nitrogen and oxygen atoms in total. The van der Waals surface area contributed by atoms with Gasteiger partial charge in [0, 0.05) is 24.0 Å². The second-order valence-electron chi connectivity index (χ2n) is 1.97. The van der Waals surface area contributed by atoms with Crippen molar-refractivity contribution in [1.82, 2.24) is 5.32 Å². The highest BCUT2D eigenvalue weighted by Crippen LogP contribution is 1.87. The first-order valence-electron chi connectivity index (χ1n) is 3.09. The molecule has 3 N–H and O–H groups in total. The molecule has 0 bridgehead atoms. The van der Waals surface area contributed by atoms with E-state index in [0.29, 0.717) is 0 Å². The van der Waals surface area contributed by atoms with Crippen molar-refractivity contribution in [2.75, 3.05) is 0 Å². The van der Waals surface area contributed by atoms with Gasteiger partial charge in [-0.05, 0) is 6.92 Å². The van der Waals surface area contributed by atoms with E-state index in [2.05, 4.69) is 5.32 Å². The van der Waals surface area contributed by atoms with Crippen LogP contribution in [0.5, 0.6) is 0 Å². The maximum atomic E-state index is 10.2. The summed E-state index contributed by atoms with van der Waals surface area (Å²) in [4.78, 5) is 20.1. The quantitative estimate of drug-likeness (QED) is 0.524. The Labute approximate surface area is 69.0 Å². The van der Waals surface area contributed by atoms with E-state index in [9.17, 15) is 9.59 Å². The van der Waals surface area contributed by atoms with Crippen LogP contribution in [-0.2, 0) is 9.59 Å². The summed E-state index contributed by atoms with van der Waals surface area (Å²) in [5.41, 5.74) is 0.102. The average Bonchev–Trinajstić information content (AvgIpc) is 1.97. The Bertz CT molecular complexity index is 242. The summed E-state index contributed by atoms with van der Waals surface area (Å²) in [6.07, 6.45) is 3.20. The van der Waals surface area contributed by atoms with Crippen molar-refractivity contribution in [1.29, 1.82) is 0 Å². The minimum Gasteiger partial charge on any atom is -0.478 e. The smallest absolute Gasteiger partial charge is 0.332 e. The molecule has 0 fully saturated rings. The zero-order valence-electron chi connectivity index (χ0n) is 6.44. The number of hydrogen-bond acceptors (Lipinski definition) is 3. The van der Waals surface area contributed by atoms with Crippen LogP contribution >= 0.6 is 0 Å². The molecule has 12 heavy (non-hydrogen) atoms. The maximum absolute atomic E-state index is 10.2. The van der Waals surface area contributed by atoms with Crippen LogP contribution in [0, 0.1) is 0 Å². The normalized spacial score (nSPS) is 11.6. The zero-order valence-corrected chi connectivity index (χ0v) is 6.44. The van der Waals surface area contributed by atoms with Gasteiger partial charge < -0.3 is 15.5 Å². The van der Waals surface area contributed by atoms with E-state index in [1.54, 1.807) is 0 Å². The predicted molar refractivity (Wildman–Crippen MR) is 41.3 cm³/mol. The van der Waals surface area contributed by atoms with Gasteiger partial charge in [-0.15, -0.1) is 0 Å². The fourth-order valence-electron chi connectivity index (χ4n) is 0.354. The Balaban J connectivity index is 3.90. The van der Waals surface area contributed by atoms with Crippen molar-refractivity contribution in [3.8, 4) is 0 Å². The van der Waals surface area contributed by atoms with Crippen LogP contribution in [0.3, 0.4) is 0 Å². The van der Waals surface area contributed by atoms with Gasteiger partial charge in [0.2, 0.25) is 0 Å². The largest absolute Gasteiger partial charge is 0.478 e. The first-order valence-corrected chi connectivity index (χ1v) is 3.09. The molecule has 66 valence electrons. The lowest BCUT2D eigenvalue weighted by atomic mass is 10.3. The van der Waals surface area contributed by atoms with Gasteiger partial charge in [-0.1, -0.05) is 0 Å². The fourth-order valence-corrected chi connectivity index (χ4v) is 0.354. The van der Waals surface area contributed by atoms with Gasteiger partial charge in [0.05, 0.1) is 0 Å². The minimum atomic E-state index is -1.09. The van der Waals surface area contributed by atoms with Crippen LogP contribution in [0.25, 0.3) is 0 Å². The van der Waals surface area contributed by atoms with Gasteiger partial charge in [-0.2, -0.15) is 0 Å². The molecule has 0 unspecified atom stereocenters. The van der Waals surface area contributed by atoms with E-state index in [0.717, 1.165) is 12.3 Å². The number of nitrogens with one attached hydrogen (secondary N) is 1. The molecule has 0 aliphatic heterocycles. The van der Waals surface area contributed by atoms with Crippen molar-refractivity contribution in [3.05, 3.63) is 24.0 Å². The molecule has 0 aromatic rings. The van der Waals surface area contributed by atoms with Crippen LogP contribution < -0.4 is 5.32 Å². The second-order valence-corrected chi connectivity index (χ2v) is 1.97. The Morgan fingerprint density at radius 2 is 1.92 bits per heavy atom. The van der Waals surface area contributed by atoms with Gasteiger partial charge >= 0.3 is 11.9 Å². The molecule has 0 aliphatic rings. The average molecular weight is 171 g/mol. The Morgan fingerprint density at radius 3 is 2.33 bits per heavy atom. The van der Waals surface area contributed by atoms with Crippen molar-refractivity contribution >= 4 is 11.9 Å². The van der Waals surface area contributed by atoms with Crippen molar-refractivity contribution in [2.45, 2.75) is 6.92 Å². The lowest BCUT2D eigenvalue weighted by Gasteiger charge is -1.91. The first kappa shape index (κ1) is 10.2. The number of carbonyl (C=O) groups is 2. The van der Waals surface area contributed by atoms with Gasteiger partial charge in [-0.3, -0.25) is 0 Å². The molecule has 0 radical (unpaired) electrons. The summed E-state index contributed by atoms with van der Waals surface area (Å²) in [6, 6.07) is 0. The number of rotatable bonds is 4. The van der Waals surface area contributed by atoms with E-state index < -0.39 is 11.9 Å². The minimum absolute atomic E-state index is 0.102. The highest BCUT2D eigenvalue weighted by molar-refractivity contribution is 5.85. The zero-order chi connectivity index (χ0) is 9.56. The lowest BCUT2D eigenvalue weighted by Crippen LogP contribution is -2.02. The summed E-state index contributed by atoms with van der Waals surface area (Å²) in [5.74, 6) is -2.14. The summed E-state index contributed by atoms with van der Waals surface area (Å²) in [7, 11) is 0. The molecule has 0 atom stereocenters. The molecule has 0 aliphatic carbocycles. The van der Waals surface area contributed by atoms with Gasteiger partial charge in [0.1, 0.15) is 0 Å². The summed E-state index contributed by atoms with van der Waals surface area (Å²) in [5, 5.41) is 18.9. The molecular formula is C7H9NO4. The number of carboxylic acid groups (broad SMARTS) is 2. The van der Waals surface area contributed by atoms with Crippen molar-refractivity contribution in [2.24, 2.45) is 0 Å². The molecule has 0 saturated carbocycles. The highest BCUT2D eigenvalue weighted by atomic mass is 16.4. The third-order valence-electron chi connectivity index (χ3n) is 0.959. The first-order chi connectivity index (χ1) is 5.54. The van der Waals surface area contributed by atoms with Crippen molar-refractivity contribution in [3.63, 3.8) is 0 Å². The van der Waals surface area contributed by atoms with E-state index in [4.69, 9.17) is 10.2 Å². The third kappa shape index (κ3) is 5.04. The van der Waals surface area contributed by atoms with Crippen LogP contribution in [-0.4, -0.2) is 22.2 Å². The maximum Gasteiger partial charge on any atom is 0.332 e. The van der Waals surface area contributed by atoms with E-state index in [1.165, 1.54) is 13.1 Å². The van der Waals surface area contributed by atoms with Crippen LogP contribution in [0.1, 0.15) is 6.92 Å². The molecule has 0 spiro atoms. The molecule has 0 amide bonds. The number of hydrogen-bond donors (Lipinski definition) is 3. The lowest BCUT2D eigenvalue weighted by molar-refractivity contribution is -0.133. The molecule has 0 aromatic carbocycles. The molecule has 0 rings (SSSR count). The van der Waals surface area contributed by atoms with E-state index in [1.807, 2.05) is 0 Å². The summed E-state index contributed by atoms with van der Waals surface area (Å²) in [6.45, 7) is 1.39. The predicted octanol–water partition coefficient (Wildman–Crippen LogP) is 0.163. The molecule has 0 saturated heterocycles. The molecular weight excluding hydrogens is 162 g/mol. The topological polar surface area (TPSA) is 86.6 Å². The molecule has 0 aromatic heterocycles. The number of aliphatic carboxylic acids is 2. The van der Waals surface area contributed by atoms with Crippen molar-refractivity contribution < 1.29 is 19.8 Å². The van der Waals surface area contributed by atoms with Crippen LogP contribution in [0.15, 0.2) is 24.0 Å². The Hall–Kier alpha value is -1.78. The number of carboxylic acids is 2. The standard InChI is InChI=1S/C7H9NO4/c1-5(7(11)12)4-8-3-2-6(9)10/h2-4,8H,1H3,(H,9,10)(H,11,12). The van der Waals surface area contributed by atoms with Gasteiger partial charge in [0.15, 0.2) is 0 Å². The second kappa shape index (κ2) is 4.95. The summed E-state index contributed by atoms with van der Waals surface area (Å²) >= 11 is 0. The monoisotopic (exact) mass is 171 g/mol. The molecule has 0 heterocycles. The van der Waals surface area contributed by atoms with Gasteiger partial charge in [0.25, 0.3) is 0 Å². The fraction of sp³-hybridized carbons (Fsp3) is 0.143.